The second kappa shape index (κ2) is 7.28. The molecule has 3 rings (SSSR count). The van der Waals surface area contributed by atoms with Crippen LogP contribution in [-0.2, 0) is 19.6 Å². The van der Waals surface area contributed by atoms with E-state index in [9.17, 15) is 0 Å². The van der Waals surface area contributed by atoms with Gasteiger partial charge < -0.3 is 0 Å². The van der Waals surface area contributed by atoms with Gasteiger partial charge in [-0.05, 0) is 33.4 Å². The molecule has 0 saturated heterocycles. The number of nitrogens with zero attached hydrogens (tertiary/aromatic N) is 4. The first-order valence-electron chi connectivity index (χ1n) is 8.28. The fourth-order valence-electron chi connectivity index (χ4n) is 2.90. The Balaban J connectivity index is 1.68. The lowest BCUT2D eigenvalue weighted by molar-refractivity contribution is 0.315. The average Bonchev–Trinajstić information content (AvgIpc) is 3.15. The molecule has 0 saturated carbocycles. The Bertz CT molecular complexity index is 818. The molecular formula is C19H24N4S. The first kappa shape index (κ1) is 16.9. The average molecular weight is 340 g/mol. The van der Waals surface area contributed by atoms with Gasteiger partial charge in [0, 0.05) is 41.8 Å². The maximum atomic E-state index is 4.82. The summed E-state index contributed by atoms with van der Waals surface area (Å²) in [7, 11) is 2.13. The van der Waals surface area contributed by atoms with Gasteiger partial charge in [0.25, 0.3) is 0 Å². The van der Waals surface area contributed by atoms with Crippen molar-refractivity contribution in [3.05, 3.63) is 58.4 Å². The normalized spacial score (nSPS) is 11.4. The number of aryl methyl sites for hydroxylation is 2. The predicted octanol–water partition coefficient (Wildman–Crippen LogP) is 4.28. The summed E-state index contributed by atoms with van der Waals surface area (Å²) in [5.74, 6) is 0. The van der Waals surface area contributed by atoms with Gasteiger partial charge in [-0.15, -0.1) is 11.3 Å². The van der Waals surface area contributed by atoms with Crippen LogP contribution in [-0.4, -0.2) is 26.7 Å². The molecule has 0 aliphatic rings. The first-order valence-corrected chi connectivity index (χ1v) is 9.16. The zero-order valence-electron chi connectivity index (χ0n) is 14.8. The SMILES string of the molecule is CCn1ncc(CN(C)Cc2csc(-c3ccccc3C)n2)c1C. The van der Waals surface area contributed by atoms with Crippen LogP contribution < -0.4 is 0 Å². The standard InChI is InChI=1S/C19H24N4S/c1-5-23-15(3)16(10-20-23)11-22(4)12-17-13-24-19(21-17)18-9-7-6-8-14(18)2/h6-10,13H,5,11-12H2,1-4H3. The van der Waals surface area contributed by atoms with Crippen LogP contribution >= 0.6 is 11.3 Å². The zero-order chi connectivity index (χ0) is 17.1. The summed E-state index contributed by atoms with van der Waals surface area (Å²) >= 11 is 1.72. The van der Waals surface area contributed by atoms with E-state index in [0.29, 0.717) is 0 Å². The number of aromatic nitrogens is 3. The number of benzene rings is 1. The van der Waals surface area contributed by atoms with Gasteiger partial charge in [-0.3, -0.25) is 9.58 Å². The maximum absolute atomic E-state index is 4.82. The van der Waals surface area contributed by atoms with Crippen LogP contribution in [0.2, 0.25) is 0 Å². The van der Waals surface area contributed by atoms with E-state index in [1.165, 1.54) is 22.4 Å². The second-order valence-corrected chi connectivity index (χ2v) is 7.06. The lowest BCUT2D eigenvalue weighted by Crippen LogP contribution is -2.18. The van der Waals surface area contributed by atoms with E-state index < -0.39 is 0 Å². The monoisotopic (exact) mass is 340 g/mol. The van der Waals surface area contributed by atoms with Gasteiger partial charge >= 0.3 is 0 Å². The van der Waals surface area contributed by atoms with Gasteiger partial charge in [-0.2, -0.15) is 5.10 Å². The largest absolute Gasteiger partial charge is 0.296 e. The molecule has 0 N–H and O–H groups in total. The van der Waals surface area contributed by atoms with E-state index in [4.69, 9.17) is 4.98 Å². The molecule has 126 valence electrons. The molecule has 0 bridgehead atoms. The Morgan fingerprint density at radius 2 is 1.96 bits per heavy atom. The van der Waals surface area contributed by atoms with Crippen molar-refractivity contribution in [3.8, 4) is 10.6 Å². The van der Waals surface area contributed by atoms with Crippen LogP contribution in [0, 0.1) is 13.8 Å². The van der Waals surface area contributed by atoms with Gasteiger partial charge in [0.2, 0.25) is 0 Å². The summed E-state index contributed by atoms with van der Waals surface area (Å²) in [4.78, 5) is 7.12. The second-order valence-electron chi connectivity index (χ2n) is 6.20. The molecule has 0 atom stereocenters. The molecule has 0 unspecified atom stereocenters. The highest BCUT2D eigenvalue weighted by atomic mass is 32.1. The minimum atomic E-state index is 0.846. The Hall–Kier alpha value is -1.98. The summed E-state index contributed by atoms with van der Waals surface area (Å²) in [6.45, 7) is 9.05. The van der Waals surface area contributed by atoms with Crippen LogP contribution in [0.25, 0.3) is 10.6 Å². The zero-order valence-corrected chi connectivity index (χ0v) is 15.6. The quantitative estimate of drug-likeness (QED) is 0.672. The Morgan fingerprint density at radius 3 is 2.67 bits per heavy atom. The van der Waals surface area contributed by atoms with Gasteiger partial charge in [0.05, 0.1) is 11.9 Å². The van der Waals surface area contributed by atoms with Crippen molar-refractivity contribution in [2.24, 2.45) is 0 Å². The molecule has 2 aromatic heterocycles. The molecule has 5 heteroatoms. The fourth-order valence-corrected chi connectivity index (χ4v) is 3.80. The van der Waals surface area contributed by atoms with E-state index in [-0.39, 0.29) is 0 Å². The van der Waals surface area contributed by atoms with E-state index >= 15 is 0 Å². The van der Waals surface area contributed by atoms with Crippen LogP contribution in [0.15, 0.2) is 35.8 Å². The molecule has 0 fully saturated rings. The van der Waals surface area contributed by atoms with Gasteiger partial charge in [-0.1, -0.05) is 24.3 Å². The Kier molecular flexibility index (Phi) is 5.11. The van der Waals surface area contributed by atoms with Crippen LogP contribution in [0.1, 0.15) is 29.4 Å². The smallest absolute Gasteiger partial charge is 0.123 e. The molecule has 0 aliphatic heterocycles. The molecule has 2 heterocycles. The van der Waals surface area contributed by atoms with Crippen LogP contribution in [0.3, 0.4) is 0 Å². The summed E-state index contributed by atoms with van der Waals surface area (Å²) in [6.07, 6.45) is 1.98. The summed E-state index contributed by atoms with van der Waals surface area (Å²) < 4.78 is 2.04. The molecule has 4 nitrogen and oxygen atoms in total. The molecule has 0 spiro atoms. The summed E-state index contributed by atoms with van der Waals surface area (Å²) in [6, 6.07) is 8.42. The Labute approximate surface area is 147 Å². The van der Waals surface area contributed by atoms with Gasteiger partial charge in [0.15, 0.2) is 0 Å². The summed E-state index contributed by atoms with van der Waals surface area (Å²) in [5.41, 5.74) is 6.17. The number of thiazole rings is 1. The minimum Gasteiger partial charge on any atom is -0.296 e. The first-order chi connectivity index (χ1) is 11.6. The van der Waals surface area contributed by atoms with Gasteiger partial charge in [0.1, 0.15) is 5.01 Å². The van der Waals surface area contributed by atoms with E-state index in [1.54, 1.807) is 11.3 Å². The van der Waals surface area contributed by atoms with E-state index in [2.05, 4.69) is 67.5 Å². The highest BCUT2D eigenvalue weighted by Crippen LogP contribution is 2.27. The van der Waals surface area contributed by atoms with Crippen molar-refractivity contribution in [3.63, 3.8) is 0 Å². The van der Waals surface area contributed by atoms with Crippen molar-refractivity contribution in [1.82, 2.24) is 19.7 Å². The Morgan fingerprint density at radius 1 is 1.17 bits per heavy atom. The van der Waals surface area contributed by atoms with Crippen molar-refractivity contribution in [1.29, 1.82) is 0 Å². The third kappa shape index (κ3) is 3.57. The number of hydrogen-bond acceptors (Lipinski definition) is 4. The highest BCUT2D eigenvalue weighted by molar-refractivity contribution is 7.13. The van der Waals surface area contributed by atoms with E-state index in [1.807, 2.05) is 10.9 Å². The minimum absolute atomic E-state index is 0.846. The predicted molar refractivity (Wildman–Crippen MR) is 100 cm³/mol. The van der Waals surface area contributed by atoms with Crippen LogP contribution in [0.5, 0.6) is 0 Å². The van der Waals surface area contributed by atoms with E-state index in [0.717, 1.165) is 30.3 Å². The van der Waals surface area contributed by atoms with Crippen molar-refractivity contribution >= 4 is 11.3 Å². The van der Waals surface area contributed by atoms with Crippen molar-refractivity contribution in [2.75, 3.05) is 7.05 Å². The van der Waals surface area contributed by atoms with Crippen molar-refractivity contribution in [2.45, 2.75) is 40.4 Å². The fraction of sp³-hybridized carbons (Fsp3) is 0.368. The molecule has 0 radical (unpaired) electrons. The lowest BCUT2D eigenvalue weighted by Gasteiger charge is -2.15. The molecule has 1 aromatic carbocycles. The lowest BCUT2D eigenvalue weighted by atomic mass is 10.1. The third-order valence-electron chi connectivity index (χ3n) is 4.30. The molecular weight excluding hydrogens is 316 g/mol. The van der Waals surface area contributed by atoms with Gasteiger partial charge in [-0.25, -0.2) is 4.98 Å². The number of rotatable bonds is 6. The molecule has 0 aliphatic carbocycles. The van der Waals surface area contributed by atoms with Crippen LogP contribution in [0.4, 0.5) is 0 Å². The molecule has 0 amide bonds. The topological polar surface area (TPSA) is 34.0 Å². The number of hydrogen-bond donors (Lipinski definition) is 0. The maximum Gasteiger partial charge on any atom is 0.123 e. The highest BCUT2D eigenvalue weighted by Gasteiger charge is 2.11. The molecule has 3 aromatic rings. The van der Waals surface area contributed by atoms with Crippen molar-refractivity contribution < 1.29 is 0 Å². The molecule has 24 heavy (non-hydrogen) atoms. The summed E-state index contributed by atoms with van der Waals surface area (Å²) in [5, 5.41) is 7.69. The third-order valence-corrected chi connectivity index (χ3v) is 5.23.